The Morgan fingerprint density at radius 1 is 0.795 bits per heavy atom. The maximum atomic E-state index is 11.6. The van der Waals surface area contributed by atoms with Crippen LogP contribution in [-0.4, -0.2) is 19.1 Å². The molecule has 0 aliphatic heterocycles. The van der Waals surface area contributed by atoms with E-state index in [1.807, 2.05) is 13.0 Å². The Morgan fingerprint density at radius 3 is 1.77 bits per heavy atom. The zero-order valence-electron chi connectivity index (χ0n) is 21.6. The second kappa shape index (κ2) is 24.5. The Bertz CT molecular complexity index is 1580. The molecule has 0 aliphatic rings. The number of unbranched alkanes of at least 4 members (excludes halogenated alkanes) is 3. The van der Waals surface area contributed by atoms with Crippen molar-refractivity contribution in [3.63, 3.8) is 0 Å². The summed E-state index contributed by atoms with van der Waals surface area (Å²) in [5.41, 5.74) is 6.08. The maximum Gasteiger partial charge on any atom is 0.328 e. The van der Waals surface area contributed by atoms with E-state index in [0.29, 0.717) is 13.0 Å². The molecule has 39 heavy (non-hydrogen) atoms. The highest BCUT2D eigenvalue weighted by atomic mass is 31.2. The van der Waals surface area contributed by atoms with Gasteiger partial charge in [-0.3, -0.25) is 9.36 Å². The molecule has 7 heteroatoms. The van der Waals surface area contributed by atoms with Crippen molar-refractivity contribution in [1.82, 2.24) is 5.32 Å². The molecule has 0 fully saturated rings. The van der Waals surface area contributed by atoms with Gasteiger partial charge in [-0.25, -0.2) is 0 Å². The molecule has 192 valence electrons. The van der Waals surface area contributed by atoms with E-state index in [1.54, 1.807) is 0 Å². The van der Waals surface area contributed by atoms with Gasteiger partial charge in [-0.05, 0) is 79.1 Å². The van der Waals surface area contributed by atoms with Gasteiger partial charge >= 0.3 is 7.82 Å². The van der Waals surface area contributed by atoms with E-state index in [0.717, 1.165) is 31.3 Å². The first kappa shape index (κ1) is 33.8. The highest BCUT2D eigenvalue weighted by molar-refractivity contribution is 7.46. The van der Waals surface area contributed by atoms with Crippen molar-refractivity contribution in [2.75, 3.05) is 13.2 Å². The minimum Gasteiger partial charge on any atom is -0.746 e. The van der Waals surface area contributed by atoms with E-state index in [1.165, 1.54) is 6.92 Å². The van der Waals surface area contributed by atoms with Crippen LogP contribution in [0.3, 0.4) is 0 Å². The molecule has 0 aromatic heterocycles. The lowest BCUT2D eigenvalue weighted by atomic mass is 10.2. The normalized spacial score (nSPS) is 8.69. The monoisotopic (exact) mass is 532 g/mol. The molecule has 1 atom stereocenters. The number of amides is 1. The Kier molecular flexibility index (Phi) is 21.2. The van der Waals surface area contributed by atoms with Gasteiger partial charge in [-0.1, -0.05) is 31.2 Å². The summed E-state index contributed by atoms with van der Waals surface area (Å²) in [4.78, 5) is 22.3. The summed E-state index contributed by atoms with van der Waals surface area (Å²) in [6, 6.07) is 0. The third-order valence-corrected chi connectivity index (χ3v) is 4.46. The third-order valence-electron chi connectivity index (χ3n) is 3.65. The quantitative estimate of drug-likeness (QED) is 0.202. The van der Waals surface area contributed by atoms with Crippen LogP contribution in [0, 0.1) is 107 Å². The molecule has 6 nitrogen and oxygen atoms in total. The lowest BCUT2D eigenvalue weighted by molar-refractivity contribution is -0.219. The number of allylic oxidation sites excluding steroid dienone is 1. The highest BCUT2D eigenvalue weighted by Gasteiger charge is 2.07. The Balaban J connectivity index is 4.34. The molecule has 0 aromatic rings. The summed E-state index contributed by atoms with van der Waals surface area (Å²) in [5, 5.41) is 2.68. The first-order valence-corrected chi connectivity index (χ1v) is 12.9. The van der Waals surface area contributed by atoms with Gasteiger partial charge in [0.25, 0.3) is 0 Å². The number of phosphoric acid groups is 1. The third kappa shape index (κ3) is 25.7. The highest BCUT2D eigenvalue weighted by Crippen LogP contribution is 2.37. The summed E-state index contributed by atoms with van der Waals surface area (Å²) in [5.74, 6) is 42.0. The fourth-order valence-corrected chi connectivity index (χ4v) is 2.57. The van der Waals surface area contributed by atoms with Crippen LogP contribution in [0.5, 0.6) is 0 Å². The molecule has 1 amide bonds. The van der Waals surface area contributed by atoms with Crippen LogP contribution in [0.2, 0.25) is 0 Å². The maximum absolute atomic E-state index is 11.6. The molecule has 0 bridgehead atoms. The largest absolute Gasteiger partial charge is 0.746 e. The van der Waals surface area contributed by atoms with Crippen molar-refractivity contribution in [3.05, 3.63) is 23.6 Å². The Hall–Kier alpha value is -5.24. The molecule has 1 unspecified atom stereocenters. The average Bonchev–Trinajstić information content (AvgIpc) is 2.90. The number of hydrogen-bond acceptors (Lipinski definition) is 5. The number of nitrogens with one attached hydrogen (secondary N) is 1. The van der Waals surface area contributed by atoms with Crippen molar-refractivity contribution < 1.29 is 23.3 Å². The molecule has 0 spiro atoms. The van der Waals surface area contributed by atoms with Crippen LogP contribution in [0.25, 0.3) is 0 Å². The molecule has 0 aliphatic carbocycles. The van der Waals surface area contributed by atoms with Gasteiger partial charge in [0.15, 0.2) is 0 Å². The SMILES string of the molecule is C=C=C=C(C#CC#CC#CC#CC#CC#CC#CC#CC#COP(=O)([O-])OCCCCCCNC(C)=O)CC. The van der Waals surface area contributed by atoms with Gasteiger partial charge in [0.1, 0.15) is 6.11 Å². The molecule has 0 saturated heterocycles. The summed E-state index contributed by atoms with van der Waals surface area (Å²) < 4.78 is 20.6. The van der Waals surface area contributed by atoms with Gasteiger partial charge in [0, 0.05) is 60.8 Å². The molecule has 0 radical (unpaired) electrons. The molecule has 0 heterocycles. The molecule has 0 saturated carbocycles. The number of carbonyl (C=O) groups excluding carboxylic acids is 1. The number of phosphoric ester groups is 1. The van der Waals surface area contributed by atoms with E-state index in [-0.39, 0.29) is 12.5 Å². The smallest absolute Gasteiger partial charge is 0.328 e. The Labute approximate surface area is 231 Å². The average molecular weight is 533 g/mol. The van der Waals surface area contributed by atoms with Gasteiger partial charge in [-0.15, -0.1) is 0 Å². The second-order valence-electron chi connectivity index (χ2n) is 6.63. The molecule has 0 aromatic carbocycles. The van der Waals surface area contributed by atoms with Gasteiger partial charge in [0.05, 0.1) is 12.2 Å². The van der Waals surface area contributed by atoms with Crippen molar-refractivity contribution in [1.29, 1.82) is 0 Å². The van der Waals surface area contributed by atoms with Crippen LogP contribution >= 0.6 is 7.82 Å². The van der Waals surface area contributed by atoms with Crippen molar-refractivity contribution in [3.8, 4) is 107 Å². The second-order valence-corrected chi connectivity index (χ2v) is 7.97. The summed E-state index contributed by atoms with van der Waals surface area (Å²) in [6.07, 6.45) is 5.58. The van der Waals surface area contributed by atoms with E-state index in [2.05, 4.69) is 133 Å². The standard InChI is InChI=1S/C32H24NO5P/c1-4-26-32(5-2)27-22-18-16-14-12-10-8-6-7-9-11-13-15-17-20-24-29-37-39(35,36)38-30-25-21-19-23-28-33-31(3)34/h1,5,19,21,23,25,28,30H2,2-3H3,(H,33,34)(H,35,36)/p-1. The first-order chi connectivity index (χ1) is 18.9. The molecule has 1 N–H and O–H groups in total. The predicted octanol–water partition coefficient (Wildman–Crippen LogP) is 2.45. The molecule has 0 rings (SSSR count). The van der Waals surface area contributed by atoms with Crippen LogP contribution < -0.4 is 10.2 Å². The van der Waals surface area contributed by atoms with Gasteiger partial charge in [0.2, 0.25) is 5.91 Å². The fourth-order valence-electron chi connectivity index (χ4n) is 2.01. The van der Waals surface area contributed by atoms with Gasteiger partial charge in [-0.2, -0.15) is 0 Å². The first-order valence-electron chi connectivity index (χ1n) is 11.4. The number of hydrogen-bond donors (Lipinski definition) is 1. The summed E-state index contributed by atoms with van der Waals surface area (Å²) in [6.45, 7) is 7.41. The topological polar surface area (TPSA) is 87.7 Å². The number of rotatable bonds is 10. The van der Waals surface area contributed by atoms with Crippen molar-refractivity contribution in [2.45, 2.75) is 46.0 Å². The van der Waals surface area contributed by atoms with Gasteiger partial charge < -0.3 is 19.3 Å². The van der Waals surface area contributed by atoms with E-state index < -0.39 is 7.82 Å². The zero-order chi connectivity index (χ0) is 28.9. The van der Waals surface area contributed by atoms with Crippen LogP contribution in [-0.2, 0) is 18.4 Å². The van der Waals surface area contributed by atoms with Crippen LogP contribution in [0.1, 0.15) is 46.0 Å². The summed E-state index contributed by atoms with van der Waals surface area (Å²) in [7, 11) is -4.52. The lowest BCUT2D eigenvalue weighted by Gasteiger charge is -2.18. The molecular weight excluding hydrogens is 509 g/mol. The zero-order valence-corrected chi connectivity index (χ0v) is 22.5. The number of carbonyl (C=O) groups is 1. The summed E-state index contributed by atoms with van der Waals surface area (Å²) >= 11 is 0. The predicted molar refractivity (Wildman–Crippen MR) is 148 cm³/mol. The van der Waals surface area contributed by atoms with Crippen LogP contribution in [0.15, 0.2) is 23.6 Å². The van der Waals surface area contributed by atoms with E-state index >= 15 is 0 Å². The van der Waals surface area contributed by atoms with Crippen molar-refractivity contribution >= 4 is 13.7 Å². The van der Waals surface area contributed by atoms with E-state index in [4.69, 9.17) is 0 Å². The fraction of sp³-hybridized carbons (Fsp3) is 0.281. The van der Waals surface area contributed by atoms with Crippen LogP contribution in [0.4, 0.5) is 0 Å². The lowest BCUT2D eigenvalue weighted by Crippen LogP contribution is -2.20. The Morgan fingerprint density at radius 2 is 1.28 bits per heavy atom. The molecular formula is C32H23NO5P-. The van der Waals surface area contributed by atoms with E-state index in [9.17, 15) is 14.3 Å². The minimum atomic E-state index is -4.52. The minimum absolute atomic E-state index is 0.0160. The van der Waals surface area contributed by atoms with Crippen molar-refractivity contribution in [2.24, 2.45) is 0 Å².